The number of hydrogen-bond acceptors (Lipinski definition) is 6. The molecule has 1 aliphatic rings. The van der Waals surface area contributed by atoms with E-state index >= 15 is 0 Å². The molecule has 0 saturated carbocycles. The lowest BCUT2D eigenvalue weighted by Gasteiger charge is -2.35. The molecule has 9 nitrogen and oxygen atoms in total. The normalized spacial score (nSPS) is 14.7. The number of carbonyl (C=O) groups is 2. The monoisotopic (exact) mass is 449 g/mol. The number of urea groups is 1. The predicted octanol–water partition coefficient (Wildman–Crippen LogP) is 1.84. The first-order valence-corrected chi connectivity index (χ1v) is 10.9. The molecule has 1 aliphatic heterocycles. The van der Waals surface area contributed by atoms with E-state index in [1.54, 1.807) is 16.4 Å². The van der Waals surface area contributed by atoms with Gasteiger partial charge in [0.2, 0.25) is 0 Å². The molecule has 9 heteroatoms. The number of rotatable bonds is 5. The van der Waals surface area contributed by atoms with Crippen molar-refractivity contribution in [3.63, 3.8) is 0 Å². The SMILES string of the molecule is COC(=O)C(C)NC(=O)N1CCN(c2nc3ccccc3n(Cc3ccccc3)c2=O)CC1. The highest BCUT2D eigenvalue weighted by Crippen LogP contribution is 2.17. The molecule has 2 amide bonds. The number of carbonyl (C=O) groups excluding carboxylic acids is 2. The van der Waals surface area contributed by atoms with E-state index in [0.29, 0.717) is 38.5 Å². The number of esters is 1. The van der Waals surface area contributed by atoms with Gasteiger partial charge in [0, 0.05) is 26.2 Å². The Kier molecular flexibility index (Phi) is 6.58. The van der Waals surface area contributed by atoms with Crippen LogP contribution in [0.15, 0.2) is 59.4 Å². The maximum Gasteiger partial charge on any atom is 0.328 e. The number of benzene rings is 2. The van der Waals surface area contributed by atoms with Gasteiger partial charge in [-0.05, 0) is 24.6 Å². The van der Waals surface area contributed by atoms with E-state index in [0.717, 1.165) is 16.6 Å². The Bertz CT molecular complexity index is 1200. The second-order valence-electron chi connectivity index (χ2n) is 7.97. The Balaban J connectivity index is 1.55. The van der Waals surface area contributed by atoms with Crippen LogP contribution in [0.1, 0.15) is 12.5 Å². The molecule has 1 atom stereocenters. The van der Waals surface area contributed by atoms with E-state index in [9.17, 15) is 14.4 Å². The quantitative estimate of drug-likeness (QED) is 0.597. The van der Waals surface area contributed by atoms with Gasteiger partial charge in [0.05, 0.1) is 24.7 Å². The summed E-state index contributed by atoms with van der Waals surface area (Å²) in [5.41, 5.74) is 2.40. The molecular weight excluding hydrogens is 422 g/mol. The molecule has 0 radical (unpaired) electrons. The number of nitrogens with one attached hydrogen (secondary N) is 1. The van der Waals surface area contributed by atoms with Crippen LogP contribution >= 0.6 is 0 Å². The van der Waals surface area contributed by atoms with Crippen molar-refractivity contribution in [3.05, 3.63) is 70.5 Å². The van der Waals surface area contributed by atoms with Crippen molar-refractivity contribution in [2.75, 3.05) is 38.2 Å². The number of nitrogens with zero attached hydrogens (tertiary/aromatic N) is 4. The first-order valence-electron chi connectivity index (χ1n) is 10.9. The van der Waals surface area contributed by atoms with Crippen molar-refractivity contribution in [2.24, 2.45) is 0 Å². The van der Waals surface area contributed by atoms with Crippen molar-refractivity contribution >= 4 is 28.9 Å². The largest absolute Gasteiger partial charge is 0.467 e. The summed E-state index contributed by atoms with van der Waals surface area (Å²) in [5.74, 6) is -0.117. The highest BCUT2D eigenvalue weighted by molar-refractivity contribution is 5.83. The summed E-state index contributed by atoms with van der Waals surface area (Å²) in [7, 11) is 1.28. The molecular formula is C24H27N5O4. The Morgan fingerprint density at radius 3 is 2.39 bits per heavy atom. The van der Waals surface area contributed by atoms with Gasteiger partial charge in [0.15, 0.2) is 5.82 Å². The first kappa shape index (κ1) is 22.3. The molecule has 0 spiro atoms. The molecule has 0 bridgehead atoms. The summed E-state index contributed by atoms with van der Waals surface area (Å²) in [6, 6.07) is 16.4. The minimum absolute atomic E-state index is 0.158. The van der Waals surface area contributed by atoms with Gasteiger partial charge in [-0.3, -0.25) is 9.36 Å². The van der Waals surface area contributed by atoms with Gasteiger partial charge in [0.1, 0.15) is 6.04 Å². The highest BCUT2D eigenvalue weighted by atomic mass is 16.5. The van der Waals surface area contributed by atoms with Crippen LogP contribution in [0.3, 0.4) is 0 Å². The van der Waals surface area contributed by atoms with E-state index in [1.807, 2.05) is 59.5 Å². The van der Waals surface area contributed by atoms with E-state index in [4.69, 9.17) is 0 Å². The summed E-state index contributed by atoms with van der Waals surface area (Å²) >= 11 is 0. The summed E-state index contributed by atoms with van der Waals surface area (Å²) in [6.07, 6.45) is 0. The highest BCUT2D eigenvalue weighted by Gasteiger charge is 2.26. The van der Waals surface area contributed by atoms with Crippen LogP contribution in [0.2, 0.25) is 0 Å². The van der Waals surface area contributed by atoms with Crippen LogP contribution in [0.25, 0.3) is 11.0 Å². The van der Waals surface area contributed by atoms with Crippen molar-refractivity contribution in [3.8, 4) is 0 Å². The van der Waals surface area contributed by atoms with Gasteiger partial charge in [-0.1, -0.05) is 42.5 Å². The van der Waals surface area contributed by atoms with Crippen LogP contribution < -0.4 is 15.8 Å². The van der Waals surface area contributed by atoms with E-state index in [2.05, 4.69) is 15.0 Å². The number of ether oxygens (including phenoxy) is 1. The zero-order valence-corrected chi connectivity index (χ0v) is 18.7. The van der Waals surface area contributed by atoms with Crippen molar-refractivity contribution in [1.82, 2.24) is 19.8 Å². The fourth-order valence-electron chi connectivity index (χ4n) is 3.94. The van der Waals surface area contributed by atoms with Gasteiger partial charge < -0.3 is 19.9 Å². The zero-order chi connectivity index (χ0) is 23.4. The number of fused-ring (bicyclic) bond motifs is 1. The molecule has 0 aliphatic carbocycles. The minimum atomic E-state index is -0.729. The molecule has 3 aromatic rings. The lowest BCUT2D eigenvalue weighted by molar-refractivity contribution is -0.142. The van der Waals surface area contributed by atoms with Crippen LogP contribution in [-0.2, 0) is 16.1 Å². The topological polar surface area (TPSA) is 96.8 Å². The maximum atomic E-state index is 13.5. The van der Waals surface area contributed by atoms with E-state index in [-0.39, 0.29) is 11.6 Å². The predicted molar refractivity (Wildman–Crippen MR) is 125 cm³/mol. The Morgan fingerprint density at radius 2 is 1.70 bits per heavy atom. The summed E-state index contributed by atoms with van der Waals surface area (Å²) < 4.78 is 6.41. The second kappa shape index (κ2) is 9.72. The first-order chi connectivity index (χ1) is 16.0. The zero-order valence-electron chi connectivity index (χ0n) is 18.7. The molecule has 172 valence electrons. The third-order valence-electron chi connectivity index (χ3n) is 5.78. The molecule has 1 unspecified atom stereocenters. The van der Waals surface area contributed by atoms with Gasteiger partial charge in [0.25, 0.3) is 5.56 Å². The number of para-hydroxylation sites is 2. The molecule has 1 N–H and O–H groups in total. The average Bonchev–Trinajstić information content (AvgIpc) is 2.85. The van der Waals surface area contributed by atoms with Crippen LogP contribution in [0, 0.1) is 0 Å². The van der Waals surface area contributed by atoms with Crippen molar-refractivity contribution in [1.29, 1.82) is 0 Å². The third kappa shape index (κ3) is 4.82. The van der Waals surface area contributed by atoms with Gasteiger partial charge >= 0.3 is 12.0 Å². The lowest BCUT2D eigenvalue weighted by Crippen LogP contribution is -2.55. The lowest BCUT2D eigenvalue weighted by atomic mass is 10.2. The summed E-state index contributed by atoms with van der Waals surface area (Å²) in [4.78, 5) is 45.7. The second-order valence-corrected chi connectivity index (χ2v) is 7.97. The van der Waals surface area contributed by atoms with Gasteiger partial charge in [-0.15, -0.1) is 0 Å². The smallest absolute Gasteiger partial charge is 0.328 e. The number of amides is 2. The molecule has 4 rings (SSSR count). The fourth-order valence-corrected chi connectivity index (χ4v) is 3.94. The third-order valence-corrected chi connectivity index (χ3v) is 5.78. The Morgan fingerprint density at radius 1 is 1.03 bits per heavy atom. The molecule has 2 heterocycles. The number of methoxy groups -OCH3 is 1. The molecule has 1 saturated heterocycles. The van der Waals surface area contributed by atoms with Gasteiger partial charge in [-0.2, -0.15) is 0 Å². The van der Waals surface area contributed by atoms with E-state index < -0.39 is 12.0 Å². The molecule has 1 aromatic heterocycles. The average molecular weight is 450 g/mol. The standard InChI is InChI=1S/C24H27N5O4/c1-17(23(31)33-2)25-24(32)28-14-12-27(13-15-28)21-22(30)29(16-18-8-4-3-5-9-18)20-11-7-6-10-19(20)26-21/h3-11,17H,12-16H2,1-2H3,(H,25,32). The maximum absolute atomic E-state index is 13.5. The summed E-state index contributed by atoms with van der Waals surface area (Å²) in [6.45, 7) is 3.77. The van der Waals surface area contributed by atoms with Crippen molar-refractivity contribution < 1.29 is 14.3 Å². The van der Waals surface area contributed by atoms with E-state index in [1.165, 1.54) is 7.11 Å². The van der Waals surface area contributed by atoms with Crippen LogP contribution in [0.4, 0.5) is 10.6 Å². The number of aromatic nitrogens is 2. The number of hydrogen-bond donors (Lipinski definition) is 1. The molecule has 33 heavy (non-hydrogen) atoms. The Hall–Kier alpha value is -3.88. The molecule has 2 aromatic carbocycles. The van der Waals surface area contributed by atoms with Crippen molar-refractivity contribution in [2.45, 2.75) is 19.5 Å². The number of piperazine rings is 1. The van der Waals surface area contributed by atoms with Crippen LogP contribution in [-0.4, -0.2) is 65.8 Å². The fraction of sp³-hybridized carbons (Fsp3) is 0.333. The minimum Gasteiger partial charge on any atom is -0.467 e. The summed E-state index contributed by atoms with van der Waals surface area (Å²) in [5, 5.41) is 2.64. The Labute approximate surface area is 191 Å². The van der Waals surface area contributed by atoms with Crippen LogP contribution in [0.5, 0.6) is 0 Å². The van der Waals surface area contributed by atoms with Gasteiger partial charge in [-0.25, -0.2) is 14.6 Å². The number of anilines is 1. The molecule has 1 fully saturated rings.